The van der Waals surface area contributed by atoms with Crippen LogP contribution < -0.4 is 10.2 Å². The lowest BCUT2D eigenvalue weighted by molar-refractivity contribution is -0.927. The molecule has 1 atom stereocenters. The van der Waals surface area contributed by atoms with Gasteiger partial charge in [0.05, 0.1) is 26.3 Å². The third kappa shape index (κ3) is 4.89. The third-order valence-electron chi connectivity index (χ3n) is 6.15. The SMILES string of the molecule is O=C(Nc1ccccc1)C1CC[NH+]([C@@H](C(=O)N2CCOCC2)c2ccccc2)CC1. The van der Waals surface area contributed by atoms with E-state index in [0.717, 1.165) is 37.2 Å². The highest BCUT2D eigenvalue weighted by Gasteiger charge is 2.38. The van der Waals surface area contributed by atoms with Crippen molar-refractivity contribution in [3.63, 3.8) is 0 Å². The van der Waals surface area contributed by atoms with Gasteiger partial charge >= 0.3 is 0 Å². The minimum absolute atomic E-state index is 0.0103. The van der Waals surface area contributed by atoms with Crippen LogP contribution in [-0.2, 0) is 14.3 Å². The van der Waals surface area contributed by atoms with Crippen molar-refractivity contribution < 1.29 is 19.2 Å². The van der Waals surface area contributed by atoms with Crippen molar-refractivity contribution in [3.8, 4) is 0 Å². The van der Waals surface area contributed by atoms with E-state index in [1.165, 1.54) is 4.90 Å². The first-order valence-corrected chi connectivity index (χ1v) is 10.8. The van der Waals surface area contributed by atoms with Gasteiger partial charge in [0.25, 0.3) is 5.91 Å². The van der Waals surface area contributed by atoms with Gasteiger partial charge in [-0.3, -0.25) is 9.59 Å². The van der Waals surface area contributed by atoms with Gasteiger partial charge in [0.15, 0.2) is 6.04 Å². The smallest absolute Gasteiger partial charge is 0.285 e. The Kier molecular flexibility index (Phi) is 6.77. The highest BCUT2D eigenvalue weighted by Crippen LogP contribution is 2.19. The fourth-order valence-electron chi connectivity index (χ4n) is 4.47. The predicted molar refractivity (Wildman–Crippen MR) is 115 cm³/mol. The minimum Gasteiger partial charge on any atom is -0.378 e. The Morgan fingerprint density at radius 2 is 1.53 bits per heavy atom. The van der Waals surface area contributed by atoms with E-state index >= 15 is 0 Å². The molecule has 2 aliphatic heterocycles. The first kappa shape index (κ1) is 20.6. The molecule has 0 bridgehead atoms. The Morgan fingerprint density at radius 1 is 0.933 bits per heavy atom. The van der Waals surface area contributed by atoms with E-state index in [0.29, 0.717) is 26.3 Å². The van der Waals surface area contributed by atoms with Crippen molar-refractivity contribution in [1.29, 1.82) is 0 Å². The highest BCUT2D eigenvalue weighted by molar-refractivity contribution is 5.92. The average molecular weight is 409 g/mol. The molecular formula is C24H30N3O3+. The number of ether oxygens (including phenoxy) is 1. The number of piperidine rings is 1. The summed E-state index contributed by atoms with van der Waals surface area (Å²) in [7, 11) is 0. The molecule has 0 unspecified atom stereocenters. The van der Waals surface area contributed by atoms with E-state index in [-0.39, 0.29) is 23.8 Å². The van der Waals surface area contributed by atoms with Gasteiger partial charge in [0.1, 0.15) is 0 Å². The number of morpholine rings is 1. The number of nitrogens with one attached hydrogen (secondary N) is 2. The Bertz CT molecular complexity index is 829. The topological polar surface area (TPSA) is 63.1 Å². The largest absolute Gasteiger partial charge is 0.378 e. The zero-order valence-corrected chi connectivity index (χ0v) is 17.3. The summed E-state index contributed by atoms with van der Waals surface area (Å²) >= 11 is 0. The van der Waals surface area contributed by atoms with Crippen molar-refractivity contribution in [2.24, 2.45) is 5.92 Å². The first-order valence-electron chi connectivity index (χ1n) is 10.8. The standard InChI is InChI=1S/C24H29N3O3/c28-23(25-21-9-5-2-6-10-21)20-11-13-26(14-12-20)22(19-7-3-1-4-8-19)24(29)27-15-17-30-18-16-27/h1-10,20,22H,11-18H2,(H,25,28)/p+1/t22-/m1/s1. The van der Waals surface area contributed by atoms with Crippen molar-refractivity contribution in [1.82, 2.24) is 4.90 Å². The maximum Gasteiger partial charge on any atom is 0.285 e. The molecular weight excluding hydrogens is 378 g/mol. The van der Waals surface area contributed by atoms with Gasteiger partial charge in [0.2, 0.25) is 5.91 Å². The van der Waals surface area contributed by atoms with Crippen molar-refractivity contribution in [3.05, 3.63) is 66.2 Å². The molecule has 6 nitrogen and oxygen atoms in total. The van der Waals surface area contributed by atoms with Crippen molar-refractivity contribution in [2.45, 2.75) is 18.9 Å². The fraction of sp³-hybridized carbons (Fsp3) is 0.417. The second kappa shape index (κ2) is 9.87. The Balaban J connectivity index is 1.42. The van der Waals surface area contributed by atoms with E-state index in [1.807, 2.05) is 65.6 Å². The van der Waals surface area contributed by atoms with Crippen LogP contribution in [0.2, 0.25) is 0 Å². The molecule has 30 heavy (non-hydrogen) atoms. The molecule has 2 aromatic carbocycles. The van der Waals surface area contributed by atoms with E-state index in [1.54, 1.807) is 0 Å². The molecule has 2 aromatic rings. The van der Waals surface area contributed by atoms with Crippen LogP contribution >= 0.6 is 0 Å². The van der Waals surface area contributed by atoms with Gasteiger partial charge in [-0.25, -0.2) is 0 Å². The van der Waals surface area contributed by atoms with Gasteiger partial charge in [-0.1, -0.05) is 48.5 Å². The number of quaternary nitrogens is 1. The van der Waals surface area contributed by atoms with Crippen LogP contribution in [0.5, 0.6) is 0 Å². The molecule has 2 amide bonds. The van der Waals surface area contributed by atoms with Crippen LogP contribution in [0.1, 0.15) is 24.4 Å². The molecule has 2 fully saturated rings. The van der Waals surface area contributed by atoms with Crippen LogP contribution in [0.4, 0.5) is 5.69 Å². The van der Waals surface area contributed by atoms with Crippen LogP contribution in [0.25, 0.3) is 0 Å². The molecule has 0 radical (unpaired) electrons. The maximum atomic E-state index is 13.4. The quantitative estimate of drug-likeness (QED) is 0.789. The zero-order valence-electron chi connectivity index (χ0n) is 17.3. The van der Waals surface area contributed by atoms with Gasteiger partial charge in [-0.05, 0) is 12.1 Å². The average Bonchev–Trinajstić information content (AvgIpc) is 2.81. The number of hydrogen-bond acceptors (Lipinski definition) is 3. The molecule has 2 heterocycles. The third-order valence-corrected chi connectivity index (χ3v) is 6.15. The molecule has 4 rings (SSSR count). The minimum atomic E-state index is -0.220. The number of anilines is 1. The lowest BCUT2D eigenvalue weighted by Gasteiger charge is -2.37. The number of likely N-dealkylation sites (tertiary alicyclic amines) is 1. The summed E-state index contributed by atoms with van der Waals surface area (Å²) in [5.74, 6) is 0.242. The number of benzene rings is 2. The normalized spacial score (nSPS) is 22.9. The molecule has 0 spiro atoms. The number of nitrogens with zero attached hydrogens (tertiary/aromatic N) is 1. The van der Waals surface area contributed by atoms with Crippen molar-refractivity contribution in [2.75, 3.05) is 44.7 Å². The van der Waals surface area contributed by atoms with E-state index < -0.39 is 0 Å². The predicted octanol–water partition coefficient (Wildman–Crippen LogP) is 1.52. The first-order chi connectivity index (χ1) is 14.7. The van der Waals surface area contributed by atoms with E-state index in [9.17, 15) is 9.59 Å². The van der Waals surface area contributed by atoms with Crippen LogP contribution in [0, 0.1) is 5.92 Å². The highest BCUT2D eigenvalue weighted by atomic mass is 16.5. The fourth-order valence-corrected chi connectivity index (χ4v) is 4.47. The lowest BCUT2D eigenvalue weighted by atomic mass is 9.93. The van der Waals surface area contributed by atoms with Crippen LogP contribution in [0.15, 0.2) is 60.7 Å². The summed E-state index contributed by atoms with van der Waals surface area (Å²) in [6.45, 7) is 4.12. The number of carbonyl (C=O) groups excluding carboxylic acids is 2. The summed E-state index contributed by atoms with van der Waals surface area (Å²) in [6, 6.07) is 19.4. The summed E-state index contributed by atoms with van der Waals surface area (Å²) in [5, 5.41) is 3.02. The van der Waals surface area contributed by atoms with Gasteiger partial charge in [0, 0.05) is 43.1 Å². The molecule has 2 saturated heterocycles. The Hall–Kier alpha value is -2.70. The van der Waals surface area contributed by atoms with Gasteiger partial charge in [-0.15, -0.1) is 0 Å². The Labute approximate surface area is 177 Å². The number of hydrogen-bond donors (Lipinski definition) is 2. The number of rotatable bonds is 5. The number of carbonyl (C=O) groups is 2. The molecule has 0 aliphatic carbocycles. The van der Waals surface area contributed by atoms with Crippen LogP contribution in [-0.4, -0.2) is 56.1 Å². The van der Waals surface area contributed by atoms with Crippen LogP contribution in [0.3, 0.4) is 0 Å². The van der Waals surface area contributed by atoms with E-state index in [2.05, 4.69) is 5.32 Å². The monoisotopic (exact) mass is 408 g/mol. The molecule has 0 saturated carbocycles. The number of para-hydroxylation sites is 1. The maximum absolute atomic E-state index is 13.4. The van der Waals surface area contributed by atoms with Gasteiger partial charge in [-0.2, -0.15) is 0 Å². The van der Waals surface area contributed by atoms with Gasteiger partial charge < -0.3 is 19.9 Å². The summed E-state index contributed by atoms with van der Waals surface area (Å²) < 4.78 is 5.42. The molecule has 2 aliphatic rings. The molecule has 0 aromatic heterocycles. The summed E-state index contributed by atoms with van der Waals surface area (Å²) in [5.41, 5.74) is 1.89. The summed E-state index contributed by atoms with van der Waals surface area (Å²) in [4.78, 5) is 29.3. The lowest BCUT2D eigenvalue weighted by Crippen LogP contribution is -3.14. The van der Waals surface area contributed by atoms with Crippen molar-refractivity contribution >= 4 is 17.5 Å². The summed E-state index contributed by atoms with van der Waals surface area (Å²) in [6.07, 6.45) is 1.57. The molecule has 158 valence electrons. The number of amides is 2. The second-order valence-electron chi connectivity index (χ2n) is 8.07. The second-order valence-corrected chi connectivity index (χ2v) is 8.07. The molecule has 6 heteroatoms. The molecule has 2 N–H and O–H groups in total. The van der Waals surface area contributed by atoms with E-state index in [4.69, 9.17) is 4.74 Å². The zero-order chi connectivity index (χ0) is 20.8. The Morgan fingerprint density at radius 3 is 2.17 bits per heavy atom.